The molecule has 1 aromatic heterocycles. The minimum Gasteiger partial charge on any atom is -0.494 e. The number of fused-ring (bicyclic) bond motifs is 1. The number of rotatable bonds is 6. The third kappa shape index (κ3) is 2.92. The van der Waals surface area contributed by atoms with Crippen molar-refractivity contribution < 1.29 is 9.15 Å². The molecule has 0 spiro atoms. The van der Waals surface area contributed by atoms with Gasteiger partial charge in [-0.05, 0) is 37.6 Å². The van der Waals surface area contributed by atoms with E-state index in [9.17, 15) is 0 Å². The topological polar surface area (TPSA) is 34.4 Å². The fraction of sp³-hybridized carbons (Fsp3) is 0.500. The monoisotopic (exact) mass is 261 g/mol. The van der Waals surface area contributed by atoms with Crippen LogP contribution in [0.15, 0.2) is 22.6 Å². The van der Waals surface area contributed by atoms with Gasteiger partial charge < -0.3 is 14.5 Å². The number of benzene rings is 1. The summed E-state index contributed by atoms with van der Waals surface area (Å²) in [6.45, 7) is 10.9. The van der Waals surface area contributed by atoms with Gasteiger partial charge in [-0.15, -0.1) is 0 Å². The Kier molecular flexibility index (Phi) is 4.48. The molecule has 0 radical (unpaired) electrons. The largest absolute Gasteiger partial charge is 0.494 e. The molecule has 0 aliphatic rings. The van der Waals surface area contributed by atoms with Crippen molar-refractivity contribution in [2.45, 2.75) is 40.2 Å². The molecule has 0 fully saturated rings. The van der Waals surface area contributed by atoms with Crippen molar-refractivity contribution in [3.05, 3.63) is 29.5 Å². The minimum absolute atomic E-state index is 0.437. The van der Waals surface area contributed by atoms with Gasteiger partial charge in [-0.25, -0.2) is 0 Å². The molecule has 0 amide bonds. The van der Waals surface area contributed by atoms with Crippen LogP contribution < -0.4 is 10.1 Å². The Morgan fingerprint density at radius 1 is 1.26 bits per heavy atom. The third-order valence-electron chi connectivity index (χ3n) is 3.20. The van der Waals surface area contributed by atoms with Gasteiger partial charge in [0, 0.05) is 10.9 Å². The Morgan fingerprint density at radius 3 is 2.68 bits per heavy atom. The quantitative estimate of drug-likeness (QED) is 0.851. The van der Waals surface area contributed by atoms with Crippen molar-refractivity contribution in [2.24, 2.45) is 0 Å². The average Bonchev–Trinajstić information content (AvgIpc) is 2.74. The highest BCUT2D eigenvalue weighted by Crippen LogP contribution is 2.34. The van der Waals surface area contributed by atoms with Crippen molar-refractivity contribution in [1.82, 2.24) is 5.32 Å². The zero-order valence-corrected chi connectivity index (χ0v) is 12.2. The van der Waals surface area contributed by atoms with E-state index in [0.29, 0.717) is 12.5 Å². The van der Waals surface area contributed by atoms with Crippen LogP contribution in [0.5, 0.6) is 5.75 Å². The number of hydrogen-bond donors (Lipinski definition) is 1. The molecule has 3 heteroatoms. The highest BCUT2D eigenvalue weighted by atomic mass is 16.5. The normalized spacial score (nSPS) is 11.4. The van der Waals surface area contributed by atoms with E-state index < -0.39 is 0 Å². The molecule has 1 N–H and O–H groups in total. The molecule has 0 saturated carbocycles. The van der Waals surface area contributed by atoms with Gasteiger partial charge in [0.25, 0.3) is 0 Å². The first-order valence-corrected chi connectivity index (χ1v) is 7.06. The van der Waals surface area contributed by atoms with Gasteiger partial charge in [0.05, 0.1) is 13.2 Å². The molecule has 0 bridgehead atoms. The molecule has 1 heterocycles. The molecule has 104 valence electrons. The van der Waals surface area contributed by atoms with Crippen LogP contribution in [0, 0.1) is 0 Å². The second-order valence-electron chi connectivity index (χ2n) is 4.96. The Bertz CT molecular complexity index is 543. The maximum atomic E-state index is 5.98. The summed E-state index contributed by atoms with van der Waals surface area (Å²) >= 11 is 0. The molecule has 2 aromatic rings. The highest BCUT2D eigenvalue weighted by Gasteiger charge is 2.17. The third-order valence-corrected chi connectivity index (χ3v) is 3.20. The summed E-state index contributed by atoms with van der Waals surface area (Å²) in [5, 5.41) is 4.51. The van der Waals surface area contributed by atoms with Crippen LogP contribution in [-0.2, 0) is 6.54 Å². The summed E-state index contributed by atoms with van der Waals surface area (Å²) in [7, 11) is 0. The van der Waals surface area contributed by atoms with Crippen molar-refractivity contribution in [3.8, 4) is 5.75 Å². The van der Waals surface area contributed by atoms with Crippen molar-refractivity contribution in [2.75, 3.05) is 13.2 Å². The predicted molar refractivity (Wildman–Crippen MR) is 78.9 cm³/mol. The molecular weight excluding hydrogens is 238 g/mol. The van der Waals surface area contributed by atoms with Gasteiger partial charge in [-0.1, -0.05) is 20.8 Å². The first-order valence-electron chi connectivity index (χ1n) is 7.06. The molecule has 0 saturated heterocycles. The molecular formula is C16H23NO2. The number of furan rings is 1. The second kappa shape index (κ2) is 6.11. The molecule has 0 aliphatic carbocycles. The minimum atomic E-state index is 0.437. The van der Waals surface area contributed by atoms with Gasteiger partial charge in [-0.3, -0.25) is 0 Å². The van der Waals surface area contributed by atoms with E-state index in [1.807, 2.05) is 19.1 Å². The fourth-order valence-electron chi connectivity index (χ4n) is 2.41. The summed E-state index contributed by atoms with van der Waals surface area (Å²) in [6, 6.07) is 6.06. The zero-order chi connectivity index (χ0) is 13.8. The summed E-state index contributed by atoms with van der Waals surface area (Å²) in [5.41, 5.74) is 2.23. The molecule has 19 heavy (non-hydrogen) atoms. The van der Waals surface area contributed by atoms with E-state index in [4.69, 9.17) is 9.15 Å². The van der Waals surface area contributed by atoms with Crippen LogP contribution in [0.4, 0.5) is 0 Å². The summed E-state index contributed by atoms with van der Waals surface area (Å²) in [6.07, 6.45) is 0. The summed E-state index contributed by atoms with van der Waals surface area (Å²) in [5.74, 6) is 2.39. The van der Waals surface area contributed by atoms with Crippen molar-refractivity contribution >= 4 is 11.0 Å². The fourth-order valence-corrected chi connectivity index (χ4v) is 2.41. The lowest BCUT2D eigenvalue weighted by Gasteiger charge is -2.07. The van der Waals surface area contributed by atoms with Crippen LogP contribution in [0.25, 0.3) is 11.0 Å². The van der Waals surface area contributed by atoms with Crippen LogP contribution in [0.1, 0.15) is 44.9 Å². The Balaban J connectivity index is 2.48. The smallest absolute Gasteiger partial charge is 0.134 e. The Labute approximate surface area is 114 Å². The molecule has 0 aliphatic heterocycles. The Morgan fingerprint density at radius 2 is 2.05 bits per heavy atom. The summed E-state index contributed by atoms with van der Waals surface area (Å²) in [4.78, 5) is 0. The lowest BCUT2D eigenvalue weighted by atomic mass is 9.99. The predicted octanol–water partition coefficient (Wildman–Crippen LogP) is 4.06. The Hall–Kier alpha value is -1.48. The van der Waals surface area contributed by atoms with Crippen LogP contribution >= 0.6 is 0 Å². The van der Waals surface area contributed by atoms with E-state index in [2.05, 4.69) is 32.2 Å². The van der Waals surface area contributed by atoms with Crippen molar-refractivity contribution in [3.63, 3.8) is 0 Å². The standard InChI is InChI=1S/C16H23NO2/c1-5-17-10-15-16(11(3)4)13-9-12(18-6-2)7-8-14(13)19-15/h7-9,11,17H,5-6,10H2,1-4H3. The van der Waals surface area contributed by atoms with E-state index in [-0.39, 0.29) is 0 Å². The molecule has 3 nitrogen and oxygen atoms in total. The van der Waals surface area contributed by atoms with Gasteiger partial charge in [0.2, 0.25) is 0 Å². The summed E-state index contributed by atoms with van der Waals surface area (Å²) < 4.78 is 11.6. The van der Waals surface area contributed by atoms with Gasteiger partial charge in [0.15, 0.2) is 0 Å². The van der Waals surface area contributed by atoms with E-state index in [0.717, 1.165) is 30.2 Å². The first-order chi connectivity index (χ1) is 9.17. The molecule has 0 atom stereocenters. The van der Waals surface area contributed by atoms with Crippen molar-refractivity contribution in [1.29, 1.82) is 0 Å². The second-order valence-corrected chi connectivity index (χ2v) is 4.96. The maximum absolute atomic E-state index is 5.98. The number of ether oxygens (including phenoxy) is 1. The lowest BCUT2D eigenvalue weighted by molar-refractivity contribution is 0.340. The average molecular weight is 261 g/mol. The highest BCUT2D eigenvalue weighted by molar-refractivity contribution is 5.84. The van der Waals surface area contributed by atoms with E-state index in [1.54, 1.807) is 0 Å². The first kappa shape index (κ1) is 13.9. The number of hydrogen-bond acceptors (Lipinski definition) is 3. The van der Waals surface area contributed by atoms with Gasteiger partial charge in [-0.2, -0.15) is 0 Å². The van der Waals surface area contributed by atoms with E-state index in [1.165, 1.54) is 10.9 Å². The molecule has 2 rings (SSSR count). The molecule has 0 unspecified atom stereocenters. The van der Waals surface area contributed by atoms with Crippen LogP contribution in [-0.4, -0.2) is 13.2 Å². The zero-order valence-electron chi connectivity index (χ0n) is 12.2. The van der Waals surface area contributed by atoms with E-state index >= 15 is 0 Å². The van der Waals surface area contributed by atoms with Gasteiger partial charge in [0.1, 0.15) is 17.1 Å². The van der Waals surface area contributed by atoms with Crippen LogP contribution in [0.3, 0.4) is 0 Å². The van der Waals surface area contributed by atoms with Gasteiger partial charge >= 0.3 is 0 Å². The maximum Gasteiger partial charge on any atom is 0.134 e. The number of nitrogens with one attached hydrogen (secondary N) is 1. The SMILES string of the molecule is CCNCc1oc2ccc(OCC)cc2c1C(C)C. The van der Waals surface area contributed by atoms with Crippen LogP contribution in [0.2, 0.25) is 0 Å². The lowest BCUT2D eigenvalue weighted by Crippen LogP contribution is -2.12. The molecule has 1 aromatic carbocycles.